The van der Waals surface area contributed by atoms with Gasteiger partial charge in [0.25, 0.3) is 0 Å². The minimum absolute atomic E-state index is 0.143. The molecule has 2 heteroatoms. The maximum Gasteiger partial charge on any atom is 0.217 e. The van der Waals surface area contributed by atoms with Crippen molar-refractivity contribution in [3.05, 3.63) is 0 Å². The van der Waals surface area contributed by atoms with Gasteiger partial charge < -0.3 is 5.73 Å². The van der Waals surface area contributed by atoms with Gasteiger partial charge in [0.1, 0.15) is 0 Å². The molecule has 0 aromatic heterocycles. The first-order chi connectivity index (χ1) is 9.54. The predicted octanol–water partition coefficient (Wildman–Crippen LogP) is 5.59. The van der Waals surface area contributed by atoms with Crippen molar-refractivity contribution in [2.24, 2.45) is 11.1 Å². The molecule has 1 unspecified atom stereocenters. The number of nitrogens with two attached hydrogens (primary N) is 1. The van der Waals surface area contributed by atoms with Crippen LogP contribution in [-0.4, -0.2) is 5.91 Å². The van der Waals surface area contributed by atoms with Crippen LogP contribution in [0.3, 0.4) is 0 Å². The van der Waals surface area contributed by atoms with Gasteiger partial charge in [-0.05, 0) is 24.7 Å². The topological polar surface area (TPSA) is 43.1 Å². The van der Waals surface area contributed by atoms with Crippen molar-refractivity contribution in [1.29, 1.82) is 0 Å². The van der Waals surface area contributed by atoms with Crippen LogP contribution in [0.2, 0.25) is 0 Å². The number of hydrogen-bond donors (Lipinski definition) is 1. The lowest BCUT2D eigenvalue weighted by molar-refractivity contribution is -0.118. The molecule has 0 heterocycles. The van der Waals surface area contributed by atoms with Gasteiger partial charge in [0.2, 0.25) is 5.91 Å². The Hall–Kier alpha value is -0.530. The van der Waals surface area contributed by atoms with E-state index < -0.39 is 0 Å². The maximum absolute atomic E-state index is 11.1. The van der Waals surface area contributed by atoms with Gasteiger partial charge >= 0.3 is 0 Å². The third kappa shape index (κ3) is 11.3. The lowest BCUT2D eigenvalue weighted by Gasteiger charge is -2.29. The van der Waals surface area contributed by atoms with Gasteiger partial charge in [-0.3, -0.25) is 4.79 Å². The van der Waals surface area contributed by atoms with Crippen molar-refractivity contribution >= 4 is 5.91 Å². The summed E-state index contributed by atoms with van der Waals surface area (Å²) in [5.74, 6) is -0.143. The molecule has 2 N–H and O–H groups in total. The Morgan fingerprint density at radius 1 is 0.800 bits per heavy atom. The Labute approximate surface area is 126 Å². The van der Waals surface area contributed by atoms with Crippen LogP contribution in [-0.2, 0) is 4.79 Å². The highest BCUT2D eigenvalue weighted by Gasteiger charge is 2.23. The first-order valence-corrected chi connectivity index (χ1v) is 8.82. The fourth-order valence-corrected chi connectivity index (χ4v) is 2.93. The normalized spacial score (nSPS) is 14.2. The first-order valence-electron chi connectivity index (χ1n) is 8.82. The summed E-state index contributed by atoms with van der Waals surface area (Å²) >= 11 is 0. The molecular formula is C18H37NO. The standard InChI is InChI=1S/C18H37NO/c1-4-6-8-10-12-15-18(3,16-13-17(19)20)14-11-9-7-5-2/h4-16H2,1-3H3,(H2,19,20). The molecule has 0 aliphatic rings. The molecule has 0 radical (unpaired) electrons. The predicted molar refractivity (Wildman–Crippen MR) is 88.7 cm³/mol. The maximum atomic E-state index is 11.1. The number of carbonyl (C=O) groups excluding carboxylic acids is 1. The smallest absolute Gasteiger partial charge is 0.217 e. The second-order valence-electron chi connectivity index (χ2n) is 6.75. The van der Waals surface area contributed by atoms with E-state index in [0.717, 1.165) is 6.42 Å². The molecule has 120 valence electrons. The summed E-state index contributed by atoms with van der Waals surface area (Å²) in [7, 11) is 0. The second kappa shape index (κ2) is 12.2. The van der Waals surface area contributed by atoms with Crippen molar-refractivity contribution in [2.75, 3.05) is 0 Å². The van der Waals surface area contributed by atoms with Crippen LogP contribution in [0.15, 0.2) is 0 Å². The van der Waals surface area contributed by atoms with Crippen molar-refractivity contribution in [1.82, 2.24) is 0 Å². The van der Waals surface area contributed by atoms with E-state index in [1.54, 1.807) is 0 Å². The van der Waals surface area contributed by atoms with Crippen LogP contribution in [0.25, 0.3) is 0 Å². The largest absolute Gasteiger partial charge is 0.370 e. The monoisotopic (exact) mass is 283 g/mol. The van der Waals surface area contributed by atoms with Gasteiger partial charge in [0.05, 0.1) is 0 Å². The molecule has 0 rings (SSSR count). The zero-order valence-electron chi connectivity index (χ0n) is 14.2. The molecule has 0 fully saturated rings. The first kappa shape index (κ1) is 19.5. The van der Waals surface area contributed by atoms with Crippen molar-refractivity contribution in [3.63, 3.8) is 0 Å². The fourth-order valence-electron chi connectivity index (χ4n) is 2.93. The van der Waals surface area contributed by atoms with Gasteiger partial charge in [0, 0.05) is 6.42 Å². The summed E-state index contributed by atoms with van der Waals surface area (Å²) < 4.78 is 0. The number of unbranched alkanes of at least 4 members (excludes halogenated alkanes) is 7. The van der Waals surface area contributed by atoms with Crippen LogP contribution >= 0.6 is 0 Å². The van der Waals surface area contributed by atoms with Crippen LogP contribution in [0.1, 0.15) is 104 Å². The summed E-state index contributed by atoms with van der Waals surface area (Å²) in [6, 6.07) is 0. The van der Waals surface area contributed by atoms with E-state index in [1.807, 2.05) is 0 Å². The molecule has 0 aromatic carbocycles. The van der Waals surface area contributed by atoms with E-state index >= 15 is 0 Å². The summed E-state index contributed by atoms with van der Waals surface area (Å²) in [5.41, 5.74) is 5.66. The van der Waals surface area contributed by atoms with Crippen LogP contribution in [0.4, 0.5) is 0 Å². The zero-order valence-corrected chi connectivity index (χ0v) is 14.2. The molecule has 20 heavy (non-hydrogen) atoms. The average Bonchev–Trinajstić information content (AvgIpc) is 2.42. The lowest BCUT2D eigenvalue weighted by Crippen LogP contribution is -2.21. The molecule has 0 aliphatic carbocycles. The highest BCUT2D eigenvalue weighted by molar-refractivity contribution is 5.73. The Morgan fingerprint density at radius 3 is 1.70 bits per heavy atom. The zero-order chi connectivity index (χ0) is 15.3. The molecule has 1 atom stereocenters. The van der Waals surface area contributed by atoms with Crippen LogP contribution in [0, 0.1) is 5.41 Å². The highest BCUT2D eigenvalue weighted by atomic mass is 16.1. The van der Waals surface area contributed by atoms with E-state index in [9.17, 15) is 4.79 Å². The molecule has 0 aromatic rings. The summed E-state index contributed by atoms with van der Waals surface area (Å²) in [6.45, 7) is 6.87. The molecule has 0 saturated carbocycles. The molecular weight excluding hydrogens is 246 g/mol. The van der Waals surface area contributed by atoms with Gasteiger partial charge in [0.15, 0.2) is 0 Å². The number of primary amides is 1. The quantitative estimate of drug-likeness (QED) is 0.415. The SMILES string of the molecule is CCCCCCCC(C)(CCCCCC)CCC(N)=O. The molecule has 0 bridgehead atoms. The molecule has 0 saturated heterocycles. The summed E-state index contributed by atoms with van der Waals surface area (Å²) in [5, 5.41) is 0. The third-order valence-electron chi connectivity index (χ3n) is 4.49. The average molecular weight is 283 g/mol. The Morgan fingerprint density at radius 2 is 1.25 bits per heavy atom. The third-order valence-corrected chi connectivity index (χ3v) is 4.49. The molecule has 1 amide bonds. The van der Waals surface area contributed by atoms with Crippen molar-refractivity contribution in [3.8, 4) is 0 Å². The minimum atomic E-state index is -0.143. The highest BCUT2D eigenvalue weighted by Crippen LogP contribution is 2.35. The minimum Gasteiger partial charge on any atom is -0.370 e. The van der Waals surface area contributed by atoms with E-state index in [2.05, 4.69) is 20.8 Å². The van der Waals surface area contributed by atoms with Gasteiger partial charge in [-0.2, -0.15) is 0 Å². The molecule has 0 spiro atoms. The lowest BCUT2D eigenvalue weighted by atomic mass is 9.76. The van der Waals surface area contributed by atoms with Crippen LogP contribution in [0.5, 0.6) is 0 Å². The van der Waals surface area contributed by atoms with Gasteiger partial charge in [-0.15, -0.1) is 0 Å². The molecule has 0 aliphatic heterocycles. The fraction of sp³-hybridized carbons (Fsp3) is 0.944. The van der Waals surface area contributed by atoms with Crippen LogP contribution < -0.4 is 5.73 Å². The summed E-state index contributed by atoms with van der Waals surface area (Å²) in [4.78, 5) is 11.1. The number of carbonyl (C=O) groups is 1. The van der Waals surface area contributed by atoms with E-state index in [4.69, 9.17) is 5.73 Å². The molecule has 2 nitrogen and oxygen atoms in total. The number of rotatable bonds is 14. The number of amides is 1. The number of hydrogen-bond acceptors (Lipinski definition) is 1. The Bertz CT molecular complexity index is 240. The Balaban J connectivity index is 4.05. The van der Waals surface area contributed by atoms with Gasteiger partial charge in [-0.25, -0.2) is 0 Å². The Kier molecular flexibility index (Phi) is 11.9. The van der Waals surface area contributed by atoms with Gasteiger partial charge in [-0.1, -0.05) is 78.6 Å². The second-order valence-corrected chi connectivity index (χ2v) is 6.75. The van der Waals surface area contributed by atoms with Crippen molar-refractivity contribution < 1.29 is 4.79 Å². The van der Waals surface area contributed by atoms with Crippen molar-refractivity contribution in [2.45, 2.75) is 104 Å². The summed E-state index contributed by atoms with van der Waals surface area (Å²) in [6.07, 6.45) is 16.0. The van der Waals surface area contributed by atoms with E-state index in [0.29, 0.717) is 11.8 Å². The van der Waals surface area contributed by atoms with E-state index in [1.165, 1.54) is 70.6 Å². The van der Waals surface area contributed by atoms with E-state index in [-0.39, 0.29) is 5.91 Å².